The highest BCUT2D eigenvalue weighted by Crippen LogP contribution is 2.30. The van der Waals surface area contributed by atoms with Gasteiger partial charge in [-0.3, -0.25) is 9.36 Å². The van der Waals surface area contributed by atoms with Gasteiger partial charge in [0.1, 0.15) is 11.6 Å². The van der Waals surface area contributed by atoms with E-state index in [9.17, 15) is 4.79 Å². The minimum atomic E-state index is 0.101. The van der Waals surface area contributed by atoms with Crippen molar-refractivity contribution in [3.63, 3.8) is 0 Å². The molecule has 0 saturated carbocycles. The maximum absolute atomic E-state index is 13.0. The van der Waals surface area contributed by atoms with Crippen molar-refractivity contribution >= 4 is 23.5 Å². The van der Waals surface area contributed by atoms with E-state index in [0.29, 0.717) is 29.8 Å². The largest absolute Gasteiger partial charge is 0.469 e. The van der Waals surface area contributed by atoms with Gasteiger partial charge in [-0.15, -0.1) is 10.2 Å². The Bertz CT molecular complexity index is 1220. The molecule has 3 aromatic heterocycles. The highest BCUT2D eigenvalue weighted by molar-refractivity contribution is 7.99. The van der Waals surface area contributed by atoms with Crippen LogP contribution in [-0.2, 0) is 4.79 Å². The summed E-state index contributed by atoms with van der Waals surface area (Å²) < 4.78 is 7.46. The standard InChI is InChI=1S/C24H24N6O2S/c1-18-20(10-16-32-18)23-26-27-24(30(23)19-7-3-2-4-8-19)33-17-22(31)29-14-12-28(13-15-29)21-9-5-6-11-25-21/h2-11,16H,12-15,17H2,1H3. The van der Waals surface area contributed by atoms with E-state index in [1.165, 1.54) is 11.8 Å². The molecule has 1 aliphatic rings. The number of hydrogen-bond donors (Lipinski definition) is 0. The van der Waals surface area contributed by atoms with Crippen molar-refractivity contribution in [2.24, 2.45) is 0 Å². The first kappa shape index (κ1) is 21.3. The van der Waals surface area contributed by atoms with E-state index in [-0.39, 0.29) is 5.91 Å². The first-order valence-electron chi connectivity index (χ1n) is 10.8. The summed E-state index contributed by atoms with van der Waals surface area (Å²) >= 11 is 1.41. The number of carbonyl (C=O) groups excluding carboxylic acids is 1. The van der Waals surface area contributed by atoms with Crippen molar-refractivity contribution < 1.29 is 9.21 Å². The van der Waals surface area contributed by atoms with Crippen LogP contribution in [0.15, 0.2) is 76.6 Å². The molecule has 1 fully saturated rings. The molecule has 0 unspecified atom stereocenters. The van der Waals surface area contributed by atoms with Gasteiger partial charge in [-0.05, 0) is 37.3 Å². The summed E-state index contributed by atoms with van der Waals surface area (Å²) in [4.78, 5) is 21.5. The molecule has 1 aliphatic heterocycles. The zero-order valence-electron chi connectivity index (χ0n) is 18.3. The van der Waals surface area contributed by atoms with Crippen molar-refractivity contribution in [3.05, 3.63) is 72.8 Å². The third kappa shape index (κ3) is 4.49. The average molecular weight is 461 g/mol. The summed E-state index contributed by atoms with van der Waals surface area (Å²) in [6, 6.07) is 17.7. The molecule has 5 rings (SSSR count). The lowest BCUT2D eigenvalue weighted by Crippen LogP contribution is -2.49. The molecule has 1 amide bonds. The van der Waals surface area contributed by atoms with Gasteiger partial charge in [0.2, 0.25) is 5.91 Å². The Hall–Kier alpha value is -3.59. The number of nitrogens with zero attached hydrogens (tertiary/aromatic N) is 6. The molecule has 4 aromatic rings. The van der Waals surface area contributed by atoms with Gasteiger partial charge in [0.25, 0.3) is 0 Å². The first-order chi connectivity index (χ1) is 16.2. The highest BCUT2D eigenvalue weighted by Gasteiger charge is 2.24. The first-order valence-corrected chi connectivity index (χ1v) is 11.8. The lowest BCUT2D eigenvalue weighted by Gasteiger charge is -2.35. The van der Waals surface area contributed by atoms with Gasteiger partial charge in [0.15, 0.2) is 11.0 Å². The summed E-state index contributed by atoms with van der Waals surface area (Å²) in [5, 5.41) is 9.51. The number of hydrogen-bond acceptors (Lipinski definition) is 7. The quantitative estimate of drug-likeness (QED) is 0.406. The summed E-state index contributed by atoms with van der Waals surface area (Å²) in [5.41, 5.74) is 1.83. The van der Waals surface area contributed by atoms with E-state index in [2.05, 4.69) is 20.1 Å². The second-order valence-electron chi connectivity index (χ2n) is 7.71. The Balaban J connectivity index is 1.29. The normalized spacial score (nSPS) is 14.0. The molecule has 1 aromatic carbocycles. The Morgan fingerprint density at radius 2 is 1.79 bits per heavy atom. The van der Waals surface area contributed by atoms with Crippen molar-refractivity contribution in [2.45, 2.75) is 12.1 Å². The van der Waals surface area contributed by atoms with E-state index in [1.807, 2.05) is 71.0 Å². The molecule has 9 heteroatoms. The van der Waals surface area contributed by atoms with Crippen LogP contribution in [0.5, 0.6) is 0 Å². The lowest BCUT2D eigenvalue weighted by atomic mass is 10.2. The Labute approximate surface area is 196 Å². The molecule has 33 heavy (non-hydrogen) atoms. The third-order valence-corrected chi connectivity index (χ3v) is 6.59. The molecule has 0 atom stereocenters. The van der Waals surface area contributed by atoms with Gasteiger partial charge >= 0.3 is 0 Å². The summed E-state index contributed by atoms with van der Waals surface area (Å²) in [5.74, 6) is 2.84. The van der Waals surface area contributed by atoms with Crippen LogP contribution in [-0.4, -0.2) is 62.5 Å². The van der Waals surface area contributed by atoms with Gasteiger partial charge in [-0.1, -0.05) is 36.0 Å². The summed E-state index contributed by atoms with van der Waals surface area (Å²) in [7, 11) is 0. The number of carbonyl (C=O) groups is 1. The lowest BCUT2D eigenvalue weighted by molar-refractivity contribution is -0.128. The number of aromatic nitrogens is 4. The molecule has 0 spiro atoms. The van der Waals surface area contributed by atoms with Gasteiger partial charge < -0.3 is 14.2 Å². The molecule has 1 saturated heterocycles. The number of benzene rings is 1. The number of piperazine rings is 1. The van der Waals surface area contributed by atoms with Crippen molar-refractivity contribution in [2.75, 3.05) is 36.8 Å². The van der Waals surface area contributed by atoms with Crippen LogP contribution in [0.2, 0.25) is 0 Å². The molecule has 8 nitrogen and oxygen atoms in total. The zero-order chi connectivity index (χ0) is 22.6. The van der Waals surface area contributed by atoms with Crippen LogP contribution in [0.25, 0.3) is 17.1 Å². The predicted molar refractivity (Wildman–Crippen MR) is 128 cm³/mol. The molecular formula is C24H24N6O2S. The van der Waals surface area contributed by atoms with Gasteiger partial charge in [0.05, 0.1) is 17.6 Å². The van der Waals surface area contributed by atoms with Gasteiger partial charge in [0, 0.05) is 38.1 Å². The Kier molecular flexibility index (Phi) is 6.12. The van der Waals surface area contributed by atoms with Gasteiger partial charge in [-0.25, -0.2) is 4.98 Å². The van der Waals surface area contributed by atoms with E-state index >= 15 is 0 Å². The number of amides is 1. The van der Waals surface area contributed by atoms with E-state index < -0.39 is 0 Å². The predicted octanol–water partition coefficient (Wildman–Crippen LogP) is 3.67. The average Bonchev–Trinajstić information content (AvgIpc) is 3.49. The second-order valence-corrected chi connectivity index (χ2v) is 8.65. The summed E-state index contributed by atoms with van der Waals surface area (Å²) in [6.45, 7) is 4.82. The molecule has 4 heterocycles. The number of para-hydroxylation sites is 1. The number of pyridine rings is 1. The molecule has 0 N–H and O–H groups in total. The molecular weight excluding hydrogens is 436 g/mol. The molecule has 0 aliphatic carbocycles. The zero-order valence-corrected chi connectivity index (χ0v) is 19.1. The van der Waals surface area contributed by atoms with Crippen LogP contribution in [0.3, 0.4) is 0 Å². The molecule has 168 valence electrons. The fourth-order valence-corrected chi connectivity index (χ4v) is 4.76. The summed E-state index contributed by atoms with van der Waals surface area (Å²) in [6.07, 6.45) is 3.45. The van der Waals surface area contributed by atoms with Crippen molar-refractivity contribution in [1.29, 1.82) is 0 Å². The minimum absolute atomic E-state index is 0.101. The smallest absolute Gasteiger partial charge is 0.233 e. The maximum Gasteiger partial charge on any atom is 0.233 e. The van der Waals surface area contributed by atoms with E-state index in [4.69, 9.17) is 4.42 Å². The Morgan fingerprint density at radius 3 is 2.48 bits per heavy atom. The SMILES string of the molecule is Cc1occc1-c1nnc(SCC(=O)N2CCN(c3ccccn3)CC2)n1-c1ccccc1. The third-order valence-electron chi connectivity index (χ3n) is 5.68. The fourth-order valence-electron chi connectivity index (χ4n) is 3.91. The maximum atomic E-state index is 13.0. The van der Waals surface area contributed by atoms with Crippen LogP contribution in [0.1, 0.15) is 5.76 Å². The minimum Gasteiger partial charge on any atom is -0.469 e. The molecule has 0 bridgehead atoms. The number of aryl methyl sites for hydroxylation is 1. The van der Waals surface area contributed by atoms with Crippen molar-refractivity contribution in [1.82, 2.24) is 24.6 Å². The topological polar surface area (TPSA) is 80.3 Å². The number of rotatable bonds is 6. The second kappa shape index (κ2) is 9.50. The number of thioether (sulfide) groups is 1. The van der Waals surface area contributed by atoms with Crippen molar-refractivity contribution in [3.8, 4) is 17.1 Å². The highest BCUT2D eigenvalue weighted by atomic mass is 32.2. The van der Waals surface area contributed by atoms with Crippen LogP contribution in [0, 0.1) is 6.92 Å². The number of furan rings is 1. The van der Waals surface area contributed by atoms with Crippen LogP contribution in [0.4, 0.5) is 5.82 Å². The van der Waals surface area contributed by atoms with E-state index in [1.54, 1.807) is 12.5 Å². The van der Waals surface area contributed by atoms with Gasteiger partial charge in [-0.2, -0.15) is 0 Å². The fraction of sp³-hybridized carbons (Fsp3) is 0.250. The molecule has 0 radical (unpaired) electrons. The monoisotopic (exact) mass is 460 g/mol. The van der Waals surface area contributed by atoms with Crippen LogP contribution < -0.4 is 4.90 Å². The van der Waals surface area contributed by atoms with Crippen LogP contribution >= 0.6 is 11.8 Å². The van der Waals surface area contributed by atoms with E-state index in [0.717, 1.165) is 35.9 Å². The Morgan fingerprint density at radius 1 is 1.00 bits per heavy atom. The number of anilines is 1.